The zero-order valence-electron chi connectivity index (χ0n) is 11.1. The molecule has 0 aromatic rings. The highest BCUT2D eigenvalue weighted by Gasteiger charge is 2.83. The summed E-state index contributed by atoms with van der Waals surface area (Å²) in [4.78, 5) is 0. The average Bonchev–Trinajstić information content (AvgIpc) is 2.32. The van der Waals surface area contributed by atoms with Crippen LogP contribution in [0.5, 0.6) is 0 Å². The Morgan fingerprint density at radius 1 is 0.500 bits per heavy atom. The maximum Gasteiger partial charge on any atom is 0.462 e. The molecule has 1 unspecified atom stereocenters. The predicted octanol–water partition coefficient (Wildman–Crippen LogP) is 5.19. The molecule has 0 aliphatic heterocycles. The topological polar surface area (TPSA) is 18.5 Å². The van der Waals surface area contributed by atoms with Gasteiger partial charge in [-0.2, -0.15) is 70.2 Å². The first-order valence-corrected chi connectivity index (χ1v) is 5.28. The van der Waals surface area contributed by atoms with Crippen LogP contribution in [-0.4, -0.2) is 49.1 Å². The van der Waals surface area contributed by atoms with Crippen LogP contribution < -0.4 is 0 Å². The second-order valence-electron chi connectivity index (χ2n) is 4.20. The number of hydrogen-bond acceptors (Lipinski definition) is 2. The Balaban J connectivity index is 6.06. The summed E-state index contributed by atoms with van der Waals surface area (Å²) in [6, 6.07) is 0. The maximum atomic E-state index is 13.3. The SMILES string of the molecule is FC(F)(F)COC(F)(F)C(F)(OC(F)(F)C(F)(F)C(F)(F)F)C(F)(F)F. The molecule has 0 bridgehead atoms. The van der Waals surface area contributed by atoms with Crippen LogP contribution >= 0.6 is 0 Å². The summed E-state index contributed by atoms with van der Waals surface area (Å²) in [5, 5.41) is 0. The van der Waals surface area contributed by atoms with E-state index < -0.39 is 49.1 Å². The second kappa shape index (κ2) is 6.45. The molecular formula is C8H2F16O2. The van der Waals surface area contributed by atoms with E-state index in [9.17, 15) is 70.2 Å². The summed E-state index contributed by atoms with van der Waals surface area (Å²) in [6.45, 7) is -3.44. The van der Waals surface area contributed by atoms with Crippen molar-refractivity contribution in [1.82, 2.24) is 0 Å². The highest BCUT2D eigenvalue weighted by molar-refractivity contribution is 4.93. The number of ether oxygens (including phenoxy) is 2. The fraction of sp³-hybridized carbons (Fsp3) is 1.00. The molecule has 26 heavy (non-hydrogen) atoms. The zero-order chi connectivity index (χ0) is 21.6. The van der Waals surface area contributed by atoms with E-state index in [4.69, 9.17) is 0 Å². The fourth-order valence-corrected chi connectivity index (χ4v) is 0.953. The molecule has 158 valence electrons. The van der Waals surface area contributed by atoms with Crippen molar-refractivity contribution < 1.29 is 79.7 Å². The lowest BCUT2D eigenvalue weighted by Gasteiger charge is -2.38. The van der Waals surface area contributed by atoms with Crippen LogP contribution in [0, 0.1) is 0 Å². The van der Waals surface area contributed by atoms with Crippen LogP contribution in [0.1, 0.15) is 0 Å². The molecule has 18 heteroatoms. The molecule has 0 fully saturated rings. The minimum absolute atomic E-state index is 1.37. The summed E-state index contributed by atoms with van der Waals surface area (Å²) in [6.07, 6.45) is -35.6. The van der Waals surface area contributed by atoms with Gasteiger partial charge in [0.25, 0.3) is 0 Å². The van der Waals surface area contributed by atoms with Crippen molar-refractivity contribution in [2.24, 2.45) is 0 Å². The smallest absolute Gasteiger partial charge is 0.306 e. The van der Waals surface area contributed by atoms with E-state index in [2.05, 4.69) is 4.74 Å². The summed E-state index contributed by atoms with van der Waals surface area (Å²) in [5.41, 5.74) is 0. The van der Waals surface area contributed by atoms with Crippen molar-refractivity contribution in [1.29, 1.82) is 0 Å². The van der Waals surface area contributed by atoms with Gasteiger partial charge in [-0.05, 0) is 0 Å². The minimum atomic E-state index is -7.65. The third-order valence-electron chi connectivity index (χ3n) is 2.15. The number of rotatable bonds is 6. The van der Waals surface area contributed by atoms with Crippen LogP contribution in [0.3, 0.4) is 0 Å². The minimum Gasteiger partial charge on any atom is -0.306 e. The Morgan fingerprint density at radius 3 is 1.15 bits per heavy atom. The van der Waals surface area contributed by atoms with Crippen molar-refractivity contribution in [2.75, 3.05) is 6.61 Å². The van der Waals surface area contributed by atoms with Gasteiger partial charge in [0, 0.05) is 0 Å². The van der Waals surface area contributed by atoms with Crippen molar-refractivity contribution in [3.63, 3.8) is 0 Å². The van der Waals surface area contributed by atoms with Crippen molar-refractivity contribution in [3.8, 4) is 0 Å². The summed E-state index contributed by atoms with van der Waals surface area (Å²) >= 11 is 0. The Morgan fingerprint density at radius 2 is 0.885 bits per heavy atom. The van der Waals surface area contributed by atoms with Crippen LogP contribution in [0.15, 0.2) is 0 Å². The standard InChI is InChI=1S/C8H2F16O2/c9-2(10,11)1-25-8(23,24)4(14,6(18,19)20)26-7(21,22)3(12,13)5(15,16)17/h1H2. The second-order valence-corrected chi connectivity index (χ2v) is 4.20. The average molecular weight is 434 g/mol. The van der Waals surface area contributed by atoms with E-state index in [1.165, 1.54) is 4.74 Å². The van der Waals surface area contributed by atoms with Gasteiger partial charge < -0.3 is 4.74 Å². The van der Waals surface area contributed by atoms with Crippen LogP contribution in [0.4, 0.5) is 70.2 Å². The van der Waals surface area contributed by atoms with Crippen molar-refractivity contribution >= 4 is 0 Å². The Bertz CT molecular complexity index is 486. The van der Waals surface area contributed by atoms with Gasteiger partial charge in [0.15, 0.2) is 0 Å². The van der Waals surface area contributed by atoms with E-state index in [1.54, 1.807) is 0 Å². The molecule has 1 atom stereocenters. The Kier molecular flexibility index (Phi) is 6.15. The van der Waals surface area contributed by atoms with Gasteiger partial charge in [0.1, 0.15) is 6.61 Å². The summed E-state index contributed by atoms with van der Waals surface area (Å²) in [5.74, 6) is -15.2. The molecule has 0 aliphatic rings. The largest absolute Gasteiger partial charge is 0.462 e. The van der Waals surface area contributed by atoms with Crippen LogP contribution in [0.2, 0.25) is 0 Å². The molecule has 0 saturated carbocycles. The summed E-state index contributed by atoms with van der Waals surface area (Å²) in [7, 11) is 0. The van der Waals surface area contributed by atoms with Gasteiger partial charge in [-0.3, -0.25) is 4.74 Å². The lowest BCUT2D eigenvalue weighted by molar-refractivity contribution is -0.535. The Hall–Kier alpha value is -1.20. The first-order chi connectivity index (χ1) is 10.9. The van der Waals surface area contributed by atoms with Crippen LogP contribution in [0.25, 0.3) is 0 Å². The van der Waals surface area contributed by atoms with Gasteiger partial charge in [0.05, 0.1) is 0 Å². The lowest BCUT2D eigenvalue weighted by atomic mass is 10.2. The molecule has 2 nitrogen and oxygen atoms in total. The molecule has 0 aromatic heterocycles. The molecule has 0 heterocycles. The van der Waals surface area contributed by atoms with Gasteiger partial charge in [-0.25, -0.2) is 0 Å². The van der Waals surface area contributed by atoms with Gasteiger partial charge in [-0.15, -0.1) is 0 Å². The molecule has 0 amide bonds. The quantitative estimate of drug-likeness (QED) is 0.536. The predicted molar refractivity (Wildman–Crippen MR) is 43.9 cm³/mol. The Labute approximate surface area is 130 Å². The first kappa shape index (κ1) is 24.8. The molecule has 0 rings (SSSR count). The van der Waals surface area contributed by atoms with E-state index in [0.29, 0.717) is 0 Å². The molecular weight excluding hydrogens is 432 g/mol. The monoisotopic (exact) mass is 434 g/mol. The number of alkyl halides is 16. The number of hydrogen-bond donors (Lipinski definition) is 0. The zero-order valence-corrected chi connectivity index (χ0v) is 11.1. The van der Waals surface area contributed by atoms with Gasteiger partial charge in [-0.1, -0.05) is 0 Å². The molecule has 0 spiro atoms. The lowest BCUT2D eigenvalue weighted by Crippen LogP contribution is -2.65. The molecule has 0 aliphatic carbocycles. The highest BCUT2D eigenvalue weighted by atomic mass is 19.4. The highest BCUT2D eigenvalue weighted by Crippen LogP contribution is 2.55. The first-order valence-electron chi connectivity index (χ1n) is 5.28. The van der Waals surface area contributed by atoms with E-state index in [1.807, 2.05) is 0 Å². The third kappa shape index (κ3) is 4.74. The van der Waals surface area contributed by atoms with Gasteiger partial charge >= 0.3 is 42.5 Å². The van der Waals surface area contributed by atoms with Crippen LogP contribution in [-0.2, 0) is 9.47 Å². The summed E-state index contributed by atoms with van der Waals surface area (Å²) < 4.78 is 200. The third-order valence-corrected chi connectivity index (χ3v) is 2.15. The molecule has 0 radical (unpaired) electrons. The van der Waals surface area contributed by atoms with Crippen molar-refractivity contribution in [2.45, 2.75) is 42.5 Å². The molecule has 0 saturated heterocycles. The van der Waals surface area contributed by atoms with Gasteiger partial charge in [0.2, 0.25) is 0 Å². The van der Waals surface area contributed by atoms with E-state index in [-0.39, 0.29) is 0 Å². The maximum absolute atomic E-state index is 13.3. The molecule has 0 aromatic carbocycles. The molecule has 0 N–H and O–H groups in total. The number of halogens is 16. The fourth-order valence-electron chi connectivity index (χ4n) is 0.953. The van der Waals surface area contributed by atoms with E-state index >= 15 is 0 Å². The normalized spacial score (nSPS) is 18.0. The van der Waals surface area contributed by atoms with E-state index in [0.717, 1.165) is 0 Å². The van der Waals surface area contributed by atoms with Crippen molar-refractivity contribution in [3.05, 3.63) is 0 Å².